The first-order valence-corrected chi connectivity index (χ1v) is 10.6. The van der Waals surface area contributed by atoms with E-state index in [1.807, 2.05) is 18.2 Å². The standard InChI is InChI=1S/C21H31N5O4/c1-3-30-21(29)26-15-11-24(12-16-26)19(27)17(2)22-20(28)25-13-9-23(10-14-25)18-7-5-4-6-8-18/h4-8,17H,3,9-16H2,1-2H3,(H,22,28)/t17-/m1/s1. The Morgan fingerprint density at radius 1 is 0.900 bits per heavy atom. The van der Waals surface area contributed by atoms with Crippen molar-refractivity contribution in [3.05, 3.63) is 30.3 Å². The molecule has 1 N–H and O–H groups in total. The zero-order valence-corrected chi connectivity index (χ0v) is 17.7. The maximum absolute atomic E-state index is 12.7. The number of urea groups is 1. The lowest BCUT2D eigenvalue weighted by Gasteiger charge is -2.37. The van der Waals surface area contributed by atoms with Crippen molar-refractivity contribution in [1.82, 2.24) is 20.0 Å². The van der Waals surface area contributed by atoms with Gasteiger partial charge < -0.3 is 29.7 Å². The number of carbonyl (C=O) groups is 3. The van der Waals surface area contributed by atoms with Crippen LogP contribution in [0.2, 0.25) is 0 Å². The van der Waals surface area contributed by atoms with E-state index in [4.69, 9.17) is 4.74 Å². The van der Waals surface area contributed by atoms with Gasteiger partial charge in [0, 0.05) is 58.0 Å². The maximum Gasteiger partial charge on any atom is 0.409 e. The fraction of sp³-hybridized carbons (Fsp3) is 0.571. The van der Waals surface area contributed by atoms with Gasteiger partial charge in [-0.2, -0.15) is 0 Å². The Labute approximate surface area is 177 Å². The van der Waals surface area contributed by atoms with Crippen LogP contribution in [0.4, 0.5) is 15.3 Å². The van der Waals surface area contributed by atoms with E-state index >= 15 is 0 Å². The molecule has 2 fully saturated rings. The predicted octanol–water partition coefficient (Wildman–Crippen LogP) is 1.21. The average molecular weight is 418 g/mol. The summed E-state index contributed by atoms with van der Waals surface area (Å²) in [5, 5.41) is 2.83. The Morgan fingerprint density at radius 2 is 1.47 bits per heavy atom. The summed E-state index contributed by atoms with van der Waals surface area (Å²) in [6, 6.07) is 9.31. The van der Waals surface area contributed by atoms with Crippen LogP contribution in [-0.2, 0) is 9.53 Å². The minimum absolute atomic E-state index is 0.130. The molecule has 30 heavy (non-hydrogen) atoms. The van der Waals surface area contributed by atoms with Gasteiger partial charge in [-0.1, -0.05) is 18.2 Å². The van der Waals surface area contributed by atoms with E-state index in [1.54, 1.807) is 28.5 Å². The number of benzene rings is 1. The first-order chi connectivity index (χ1) is 14.5. The summed E-state index contributed by atoms with van der Waals surface area (Å²) in [4.78, 5) is 44.4. The van der Waals surface area contributed by atoms with E-state index in [-0.39, 0.29) is 18.0 Å². The molecule has 1 aromatic carbocycles. The summed E-state index contributed by atoms with van der Waals surface area (Å²) < 4.78 is 5.00. The summed E-state index contributed by atoms with van der Waals surface area (Å²) in [6.07, 6.45) is -0.347. The number of amides is 4. The van der Waals surface area contributed by atoms with Gasteiger partial charge in [-0.05, 0) is 26.0 Å². The van der Waals surface area contributed by atoms with Crippen LogP contribution in [0.5, 0.6) is 0 Å². The SMILES string of the molecule is CCOC(=O)N1CCN(C(=O)[C@@H](C)NC(=O)N2CCN(c3ccccc3)CC2)CC1. The summed E-state index contributed by atoms with van der Waals surface area (Å²) in [5.41, 5.74) is 1.16. The third-order valence-electron chi connectivity index (χ3n) is 5.52. The summed E-state index contributed by atoms with van der Waals surface area (Å²) in [5.74, 6) is -0.130. The lowest BCUT2D eigenvalue weighted by molar-refractivity contribution is -0.134. The van der Waals surface area contributed by atoms with Crippen LogP contribution in [0.25, 0.3) is 0 Å². The zero-order valence-electron chi connectivity index (χ0n) is 17.7. The number of carbonyl (C=O) groups excluding carboxylic acids is 3. The molecule has 2 heterocycles. The van der Waals surface area contributed by atoms with E-state index < -0.39 is 6.04 Å². The van der Waals surface area contributed by atoms with Crippen LogP contribution in [0.15, 0.2) is 30.3 Å². The fourth-order valence-corrected chi connectivity index (χ4v) is 3.74. The van der Waals surface area contributed by atoms with E-state index in [1.165, 1.54) is 0 Å². The molecule has 0 bridgehead atoms. The van der Waals surface area contributed by atoms with Gasteiger partial charge in [0.2, 0.25) is 5.91 Å². The molecule has 0 spiro atoms. The Balaban J connectivity index is 1.42. The number of hydrogen-bond acceptors (Lipinski definition) is 5. The highest BCUT2D eigenvalue weighted by Crippen LogP contribution is 2.15. The normalized spacial score (nSPS) is 18.1. The largest absolute Gasteiger partial charge is 0.450 e. The zero-order chi connectivity index (χ0) is 21.5. The Morgan fingerprint density at radius 3 is 2.07 bits per heavy atom. The fourth-order valence-electron chi connectivity index (χ4n) is 3.74. The summed E-state index contributed by atoms with van der Waals surface area (Å²) in [7, 11) is 0. The molecule has 0 aromatic heterocycles. The molecule has 9 nitrogen and oxygen atoms in total. The molecular formula is C21H31N5O4. The Kier molecular flexibility index (Phi) is 7.37. The third kappa shape index (κ3) is 5.34. The van der Waals surface area contributed by atoms with E-state index in [9.17, 15) is 14.4 Å². The molecule has 4 amide bonds. The van der Waals surface area contributed by atoms with Gasteiger partial charge in [-0.3, -0.25) is 4.79 Å². The minimum Gasteiger partial charge on any atom is -0.450 e. The number of anilines is 1. The second-order valence-electron chi connectivity index (χ2n) is 7.49. The highest BCUT2D eigenvalue weighted by molar-refractivity contribution is 5.87. The van der Waals surface area contributed by atoms with Crippen LogP contribution in [0.1, 0.15) is 13.8 Å². The Hall–Kier alpha value is -2.97. The summed E-state index contributed by atoms with van der Waals surface area (Å²) in [6.45, 7) is 8.30. The van der Waals surface area contributed by atoms with Gasteiger partial charge in [-0.15, -0.1) is 0 Å². The molecule has 9 heteroatoms. The van der Waals surface area contributed by atoms with Crippen molar-refractivity contribution < 1.29 is 19.1 Å². The van der Waals surface area contributed by atoms with Crippen molar-refractivity contribution in [2.24, 2.45) is 0 Å². The quantitative estimate of drug-likeness (QED) is 0.796. The maximum atomic E-state index is 12.7. The second kappa shape index (κ2) is 10.2. The van der Waals surface area contributed by atoms with Crippen molar-refractivity contribution in [3.63, 3.8) is 0 Å². The van der Waals surface area contributed by atoms with Crippen LogP contribution in [0.3, 0.4) is 0 Å². The number of piperazine rings is 2. The van der Waals surface area contributed by atoms with Crippen LogP contribution >= 0.6 is 0 Å². The number of rotatable bonds is 4. The average Bonchev–Trinajstić information content (AvgIpc) is 2.79. The van der Waals surface area contributed by atoms with E-state index in [0.29, 0.717) is 45.9 Å². The van der Waals surface area contributed by atoms with Gasteiger partial charge in [0.25, 0.3) is 0 Å². The molecule has 0 aliphatic carbocycles. The van der Waals surface area contributed by atoms with E-state index in [0.717, 1.165) is 18.8 Å². The number of para-hydroxylation sites is 1. The lowest BCUT2D eigenvalue weighted by atomic mass is 10.2. The van der Waals surface area contributed by atoms with Crippen molar-refractivity contribution in [2.75, 3.05) is 63.9 Å². The van der Waals surface area contributed by atoms with Crippen molar-refractivity contribution in [3.8, 4) is 0 Å². The summed E-state index contributed by atoms with van der Waals surface area (Å²) >= 11 is 0. The van der Waals surface area contributed by atoms with Gasteiger partial charge >= 0.3 is 12.1 Å². The van der Waals surface area contributed by atoms with Crippen LogP contribution in [0, 0.1) is 0 Å². The molecule has 2 aliphatic rings. The molecule has 2 saturated heterocycles. The molecule has 1 aromatic rings. The number of nitrogens with one attached hydrogen (secondary N) is 1. The van der Waals surface area contributed by atoms with Crippen molar-refractivity contribution in [2.45, 2.75) is 19.9 Å². The molecule has 0 unspecified atom stereocenters. The number of hydrogen-bond donors (Lipinski definition) is 1. The van der Waals surface area contributed by atoms with Gasteiger partial charge in [0.1, 0.15) is 6.04 Å². The molecule has 1 atom stereocenters. The monoisotopic (exact) mass is 417 g/mol. The van der Waals surface area contributed by atoms with E-state index in [2.05, 4.69) is 22.3 Å². The van der Waals surface area contributed by atoms with Crippen molar-refractivity contribution in [1.29, 1.82) is 0 Å². The van der Waals surface area contributed by atoms with Gasteiger partial charge in [0.15, 0.2) is 0 Å². The smallest absolute Gasteiger partial charge is 0.409 e. The molecule has 3 rings (SSSR count). The molecule has 164 valence electrons. The number of nitrogens with zero attached hydrogens (tertiary/aromatic N) is 4. The molecule has 0 radical (unpaired) electrons. The minimum atomic E-state index is -0.612. The van der Waals surface area contributed by atoms with Crippen LogP contribution < -0.4 is 10.2 Å². The first kappa shape index (κ1) is 21.7. The van der Waals surface area contributed by atoms with Crippen LogP contribution in [-0.4, -0.2) is 97.7 Å². The third-order valence-corrected chi connectivity index (χ3v) is 5.52. The number of ether oxygens (including phenoxy) is 1. The molecule has 0 saturated carbocycles. The van der Waals surface area contributed by atoms with Crippen molar-refractivity contribution >= 4 is 23.7 Å². The lowest BCUT2D eigenvalue weighted by Crippen LogP contribution is -2.58. The highest BCUT2D eigenvalue weighted by atomic mass is 16.6. The Bertz CT molecular complexity index is 728. The molecule has 2 aliphatic heterocycles. The first-order valence-electron chi connectivity index (χ1n) is 10.6. The topological polar surface area (TPSA) is 85.4 Å². The predicted molar refractivity (Wildman–Crippen MR) is 113 cm³/mol. The van der Waals surface area contributed by atoms with Gasteiger partial charge in [-0.25, -0.2) is 9.59 Å². The molecular weight excluding hydrogens is 386 g/mol. The highest BCUT2D eigenvalue weighted by Gasteiger charge is 2.29. The van der Waals surface area contributed by atoms with Gasteiger partial charge in [0.05, 0.1) is 6.61 Å². The second-order valence-corrected chi connectivity index (χ2v) is 7.49.